The van der Waals surface area contributed by atoms with Crippen molar-refractivity contribution in [2.75, 3.05) is 19.8 Å². The van der Waals surface area contributed by atoms with Gasteiger partial charge < -0.3 is 20.3 Å². The quantitative estimate of drug-likeness (QED) is 0.800. The first-order valence-corrected chi connectivity index (χ1v) is 5.16. The van der Waals surface area contributed by atoms with E-state index in [0.717, 1.165) is 6.07 Å². The second kappa shape index (κ2) is 4.17. The van der Waals surface area contributed by atoms with Crippen LogP contribution in [0.5, 0.6) is 17.2 Å². The monoisotopic (exact) mass is 227 g/mol. The lowest BCUT2D eigenvalue weighted by Crippen LogP contribution is -2.19. The Morgan fingerprint density at radius 1 is 1.50 bits per heavy atom. The molecule has 0 aromatic heterocycles. The van der Waals surface area contributed by atoms with Crippen LogP contribution in [0.2, 0.25) is 0 Å². The van der Waals surface area contributed by atoms with Gasteiger partial charge in [0.15, 0.2) is 23.1 Å². The number of nitrogens with two attached hydrogens (primary N) is 1. The van der Waals surface area contributed by atoms with Gasteiger partial charge in [-0.1, -0.05) is 6.92 Å². The van der Waals surface area contributed by atoms with Crippen molar-refractivity contribution in [1.29, 1.82) is 0 Å². The predicted molar refractivity (Wildman–Crippen MR) is 56.5 cm³/mol. The van der Waals surface area contributed by atoms with Gasteiger partial charge in [-0.25, -0.2) is 4.39 Å². The molecule has 0 aliphatic carbocycles. The van der Waals surface area contributed by atoms with Gasteiger partial charge >= 0.3 is 0 Å². The molecule has 1 aliphatic rings. The zero-order valence-electron chi connectivity index (χ0n) is 9.00. The van der Waals surface area contributed by atoms with E-state index in [-0.39, 0.29) is 5.92 Å². The molecule has 0 fully saturated rings. The Hall–Kier alpha value is -1.49. The van der Waals surface area contributed by atoms with Gasteiger partial charge in [0.1, 0.15) is 13.2 Å². The van der Waals surface area contributed by atoms with E-state index < -0.39 is 11.6 Å². The lowest BCUT2D eigenvalue weighted by Gasteiger charge is -2.24. The molecular weight excluding hydrogens is 213 g/mol. The molecule has 1 atom stereocenters. The van der Waals surface area contributed by atoms with E-state index in [1.807, 2.05) is 0 Å². The fourth-order valence-electron chi connectivity index (χ4n) is 1.74. The number of phenols is 1. The number of ether oxygens (including phenoxy) is 2. The van der Waals surface area contributed by atoms with Gasteiger partial charge in [0.05, 0.1) is 0 Å². The summed E-state index contributed by atoms with van der Waals surface area (Å²) in [4.78, 5) is 0. The summed E-state index contributed by atoms with van der Waals surface area (Å²) in [6.45, 7) is 2.87. The van der Waals surface area contributed by atoms with Crippen molar-refractivity contribution in [3.8, 4) is 17.2 Å². The van der Waals surface area contributed by atoms with Crippen LogP contribution >= 0.6 is 0 Å². The van der Waals surface area contributed by atoms with E-state index in [1.165, 1.54) is 0 Å². The summed E-state index contributed by atoms with van der Waals surface area (Å²) < 4.78 is 24.1. The predicted octanol–water partition coefficient (Wildman–Crippen LogP) is 1.36. The Morgan fingerprint density at radius 3 is 2.88 bits per heavy atom. The first-order chi connectivity index (χ1) is 7.65. The summed E-state index contributed by atoms with van der Waals surface area (Å²) >= 11 is 0. The lowest BCUT2D eigenvalue weighted by atomic mass is 9.98. The Kier molecular flexibility index (Phi) is 2.87. The maximum Gasteiger partial charge on any atom is 0.169 e. The first-order valence-electron chi connectivity index (χ1n) is 5.16. The van der Waals surface area contributed by atoms with Crippen LogP contribution in [0.15, 0.2) is 6.07 Å². The standard InChI is InChI=1S/C11H14FNO3/c1-6(5-13)9-10(14)7(12)4-8-11(9)16-3-2-15-8/h4,6,14H,2-3,5,13H2,1H3. The second-order valence-corrected chi connectivity index (χ2v) is 3.78. The van der Waals surface area contributed by atoms with Crippen LogP contribution in [0.3, 0.4) is 0 Å². The van der Waals surface area contributed by atoms with Crippen molar-refractivity contribution in [2.24, 2.45) is 5.73 Å². The molecule has 0 bridgehead atoms. The Balaban J connectivity index is 2.59. The summed E-state index contributed by atoms with van der Waals surface area (Å²) in [6, 6.07) is 1.14. The third-order valence-electron chi connectivity index (χ3n) is 2.64. The van der Waals surface area contributed by atoms with Crippen LogP contribution in [-0.4, -0.2) is 24.9 Å². The zero-order valence-corrected chi connectivity index (χ0v) is 9.00. The Morgan fingerprint density at radius 2 is 2.19 bits per heavy atom. The highest BCUT2D eigenvalue weighted by atomic mass is 19.1. The fourth-order valence-corrected chi connectivity index (χ4v) is 1.74. The molecular formula is C11H14FNO3. The summed E-state index contributed by atoms with van der Waals surface area (Å²) in [5.74, 6) is -0.562. The van der Waals surface area contributed by atoms with Crippen LogP contribution in [0, 0.1) is 5.82 Å². The van der Waals surface area contributed by atoms with Crippen molar-refractivity contribution in [2.45, 2.75) is 12.8 Å². The minimum atomic E-state index is -0.709. The van der Waals surface area contributed by atoms with Gasteiger partial charge in [-0.15, -0.1) is 0 Å². The summed E-state index contributed by atoms with van der Waals surface area (Å²) in [7, 11) is 0. The average Bonchev–Trinajstić information content (AvgIpc) is 2.30. The third-order valence-corrected chi connectivity index (χ3v) is 2.64. The summed E-state index contributed by atoms with van der Waals surface area (Å²) in [5.41, 5.74) is 5.91. The van der Waals surface area contributed by atoms with Crippen LogP contribution in [-0.2, 0) is 0 Å². The number of rotatable bonds is 2. The molecule has 1 unspecified atom stereocenters. The maximum atomic E-state index is 13.4. The van der Waals surface area contributed by atoms with Crippen LogP contribution in [0.4, 0.5) is 4.39 Å². The zero-order chi connectivity index (χ0) is 11.7. The molecule has 4 nitrogen and oxygen atoms in total. The van der Waals surface area contributed by atoms with E-state index in [1.54, 1.807) is 6.92 Å². The number of fused-ring (bicyclic) bond motifs is 1. The minimum Gasteiger partial charge on any atom is -0.505 e. The molecule has 1 heterocycles. The molecule has 0 saturated carbocycles. The van der Waals surface area contributed by atoms with Crippen molar-refractivity contribution < 1.29 is 19.0 Å². The minimum absolute atomic E-state index is 0.189. The summed E-state index contributed by atoms with van der Waals surface area (Å²) in [5, 5.41) is 9.69. The van der Waals surface area contributed by atoms with E-state index in [9.17, 15) is 9.50 Å². The molecule has 0 saturated heterocycles. The van der Waals surface area contributed by atoms with Gasteiger partial charge in [0.25, 0.3) is 0 Å². The van der Waals surface area contributed by atoms with Crippen molar-refractivity contribution in [3.63, 3.8) is 0 Å². The van der Waals surface area contributed by atoms with Crippen molar-refractivity contribution >= 4 is 0 Å². The van der Waals surface area contributed by atoms with Gasteiger partial charge in [-0.2, -0.15) is 0 Å². The molecule has 0 amide bonds. The number of aromatic hydroxyl groups is 1. The van der Waals surface area contributed by atoms with Gasteiger partial charge in [-0.3, -0.25) is 0 Å². The average molecular weight is 227 g/mol. The molecule has 0 spiro atoms. The molecule has 3 N–H and O–H groups in total. The molecule has 2 rings (SSSR count). The topological polar surface area (TPSA) is 64.7 Å². The molecule has 16 heavy (non-hydrogen) atoms. The van der Waals surface area contributed by atoms with Gasteiger partial charge in [0.2, 0.25) is 0 Å². The number of phenolic OH excluding ortho intramolecular Hbond substituents is 1. The smallest absolute Gasteiger partial charge is 0.169 e. The van der Waals surface area contributed by atoms with Gasteiger partial charge in [0, 0.05) is 17.5 Å². The van der Waals surface area contributed by atoms with Crippen molar-refractivity contribution in [3.05, 3.63) is 17.4 Å². The second-order valence-electron chi connectivity index (χ2n) is 3.78. The third kappa shape index (κ3) is 1.67. The molecule has 5 heteroatoms. The van der Waals surface area contributed by atoms with Crippen LogP contribution < -0.4 is 15.2 Å². The lowest BCUT2D eigenvalue weighted by molar-refractivity contribution is 0.167. The van der Waals surface area contributed by atoms with E-state index in [0.29, 0.717) is 36.8 Å². The number of hydrogen-bond donors (Lipinski definition) is 2. The molecule has 1 aromatic carbocycles. The fraction of sp³-hybridized carbons (Fsp3) is 0.455. The van der Waals surface area contributed by atoms with E-state index in [4.69, 9.17) is 15.2 Å². The molecule has 1 aromatic rings. The maximum absolute atomic E-state index is 13.4. The SMILES string of the molecule is CC(CN)c1c(O)c(F)cc2c1OCCO2. The Labute approximate surface area is 92.8 Å². The molecule has 88 valence electrons. The highest BCUT2D eigenvalue weighted by Gasteiger charge is 2.25. The van der Waals surface area contributed by atoms with Crippen LogP contribution in [0.1, 0.15) is 18.4 Å². The van der Waals surface area contributed by atoms with E-state index in [2.05, 4.69) is 0 Å². The normalized spacial score (nSPS) is 15.9. The Bertz CT molecular complexity index is 409. The summed E-state index contributed by atoms with van der Waals surface area (Å²) in [6.07, 6.45) is 0. The first kappa shape index (κ1) is 11.0. The number of halogens is 1. The van der Waals surface area contributed by atoms with Crippen molar-refractivity contribution in [1.82, 2.24) is 0 Å². The molecule has 0 radical (unpaired) electrons. The van der Waals surface area contributed by atoms with Crippen LogP contribution in [0.25, 0.3) is 0 Å². The highest BCUT2D eigenvalue weighted by molar-refractivity contribution is 5.56. The largest absolute Gasteiger partial charge is 0.505 e. The van der Waals surface area contributed by atoms with E-state index >= 15 is 0 Å². The number of hydrogen-bond acceptors (Lipinski definition) is 4. The molecule has 1 aliphatic heterocycles. The highest BCUT2D eigenvalue weighted by Crippen LogP contribution is 2.44. The number of benzene rings is 1. The van der Waals surface area contributed by atoms with Gasteiger partial charge in [-0.05, 0) is 6.54 Å².